The Morgan fingerprint density at radius 1 is 1.47 bits per heavy atom. The number of hydrogen-bond acceptors (Lipinski definition) is 2. The number of benzene rings is 1. The third-order valence-electron chi connectivity index (χ3n) is 3.17. The van der Waals surface area contributed by atoms with E-state index in [1.165, 1.54) is 12.1 Å². The third-order valence-corrected chi connectivity index (χ3v) is 3.17. The van der Waals surface area contributed by atoms with Gasteiger partial charge in [0.05, 0.1) is 11.7 Å². The lowest BCUT2D eigenvalue weighted by Crippen LogP contribution is -2.41. The molecule has 1 fully saturated rings. The second-order valence-corrected chi connectivity index (χ2v) is 4.77. The second-order valence-electron chi connectivity index (χ2n) is 4.77. The predicted octanol–water partition coefficient (Wildman–Crippen LogP) is 2.44. The Morgan fingerprint density at radius 3 is 2.88 bits per heavy atom. The minimum absolute atomic E-state index is 0.0303. The molecule has 1 aromatic carbocycles. The molecule has 1 aliphatic rings. The highest BCUT2D eigenvalue weighted by Gasteiger charge is 2.34. The first-order valence-corrected chi connectivity index (χ1v) is 5.76. The molecule has 17 heavy (non-hydrogen) atoms. The molecule has 1 N–H and O–H groups in total. The molecule has 2 rings (SSSR count). The van der Waals surface area contributed by atoms with Gasteiger partial charge in [-0.3, -0.25) is 0 Å². The number of aliphatic hydroxyl groups is 1. The quantitative estimate of drug-likeness (QED) is 0.863. The first-order valence-electron chi connectivity index (χ1n) is 5.76. The summed E-state index contributed by atoms with van der Waals surface area (Å²) in [5.41, 5.74) is -0.598. The van der Waals surface area contributed by atoms with Crippen LogP contribution in [0.5, 0.6) is 0 Å². The molecule has 0 radical (unpaired) electrons. The summed E-state index contributed by atoms with van der Waals surface area (Å²) in [5, 5.41) is 10.3. The molecule has 94 valence electrons. The minimum Gasteiger partial charge on any atom is -0.389 e. The van der Waals surface area contributed by atoms with Gasteiger partial charge in [0.25, 0.3) is 0 Å². The molecule has 4 heteroatoms. The van der Waals surface area contributed by atoms with Crippen molar-refractivity contribution in [1.29, 1.82) is 0 Å². The lowest BCUT2D eigenvalue weighted by molar-refractivity contribution is -0.0964. The first-order chi connectivity index (χ1) is 7.98. The highest BCUT2D eigenvalue weighted by Crippen LogP contribution is 2.29. The molecular weight excluding hydrogens is 226 g/mol. The molecular formula is C13H16F2O2. The minimum atomic E-state index is -0.948. The lowest BCUT2D eigenvalue weighted by atomic mass is 9.85. The Labute approximate surface area is 99.2 Å². The van der Waals surface area contributed by atoms with Crippen LogP contribution >= 0.6 is 0 Å². The van der Waals surface area contributed by atoms with Crippen molar-refractivity contribution in [3.05, 3.63) is 35.4 Å². The van der Waals surface area contributed by atoms with Crippen molar-refractivity contribution < 1.29 is 18.6 Å². The molecule has 2 unspecified atom stereocenters. The molecule has 0 aliphatic carbocycles. The lowest BCUT2D eigenvalue weighted by Gasteiger charge is -2.35. The van der Waals surface area contributed by atoms with Crippen LogP contribution in [0.15, 0.2) is 18.2 Å². The van der Waals surface area contributed by atoms with Gasteiger partial charge in [-0.05, 0) is 25.0 Å². The van der Waals surface area contributed by atoms with Crippen LogP contribution in [0.3, 0.4) is 0 Å². The average Bonchev–Trinajstić information content (AvgIpc) is 2.22. The van der Waals surface area contributed by atoms with Gasteiger partial charge in [0.15, 0.2) is 0 Å². The summed E-state index contributed by atoms with van der Waals surface area (Å²) < 4.78 is 31.6. The molecule has 0 amide bonds. The summed E-state index contributed by atoms with van der Waals surface area (Å²) in [6.07, 6.45) is 1.13. The van der Waals surface area contributed by atoms with Crippen molar-refractivity contribution in [3.8, 4) is 0 Å². The maximum absolute atomic E-state index is 13.5. The summed E-state index contributed by atoms with van der Waals surface area (Å²) >= 11 is 0. The van der Waals surface area contributed by atoms with E-state index in [2.05, 4.69) is 0 Å². The Bertz CT molecular complexity index is 408. The monoisotopic (exact) mass is 242 g/mol. The van der Waals surface area contributed by atoms with Crippen LogP contribution in [0.4, 0.5) is 8.78 Å². The van der Waals surface area contributed by atoms with E-state index in [9.17, 15) is 13.9 Å². The van der Waals surface area contributed by atoms with E-state index >= 15 is 0 Å². The number of ether oxygens (including phenoxy) is 1. The van der Waals surface area contributed by atoms with E-state index in [4.69, 9.17) is 4.74 Å². The maximum Gasteiger partial charge on any atom is 0.129 e. The molecule has 0 saturated carbocycles. The summed E-state index contributed by atoms with van der Waals surface area (Å²) in [4.78, 5) is 0. The number of rotatable bonds is 2. The fraction of sp³-hybridized carbons (Fsp3) is 0.538. The Balaban J connectivity index is 2.14. The molecule has 0 spiro atoms. The third kappa shape index (κ3) is 3.01. The second kappa shape index (κ2) is 4.70. The van der Waals surface area contributed by atoms with Crippen molar-refractivity contribution in [2.45, 2.75) is 37.9 Å². The van der Waals surface area contributed by atoms with Crippen molar-refractivity contribution in [2.75, 3.05) is 6.61 Å². The van der Waals surface area contributed by atoms with Gasteiger partial charge in [-0.25, -0.2) is 8.78 Å². The molecule has 0 aromatic heterocycles. The van der Waals surface area contributed by atoms with Gasteiger partial charge in [-0.2, -0.15) is 0 Å². The fourth-order valence-electron chi connectivity index (χ4n) is 2.33. The summed E-state index contributed by atoms with van der Waals surface area (Å²) in [6, 6.07) is 3.45. The van der Waals surface area contributed by atoms with Gasteiger partial charge < -0.3 is 9.84 Å². The molecule has 2 nitrogen and oxygen atoms in total. The van der Waals surface area contributed by atoms with Crippen LogP contribution in [0.25, 0.3) is 0 Å². The topological polar surface area (TPSA) is 29.5 Å². The fourth-order valence-corrected chi connectivity index (χ4v) is 2.33. The summed E-state index contributed by atoms with van der Waals surface area (Å²) in [6.45, 7) is 2.35. The van der Waals surface area contributed by atoms with Gasteiger partial charge in [-0.1, -0.05) is 6.07 Å². The van der Waals surface area contributed by atoms with Gasteiger partial charge >= 0.3 is 0 Å². The van der Waals surface area contributed by atoms with E-state index < -0.39 is 17.2 Å². The van der Waals surface area contributed by atoms with Gasteiger partial charge in [0, 0.05) is 25.5 Å². The zero-order chi connectivity index (χ0) is 12.5. The van der Waals surface area contributed by atoms with Gasteiger partial charge in [0.2, 0.25) is 0 Å². The van der Waals surface area contributed by atoms with Crippen molar-refractivity contribution in [3.63, 3.8) is 0 Å². The van der Waals surface area contributed by atoms with Gasteiger partial charge in [0.1, 0.15) is 11.6 Å². The molecule has 0 bridgehead atoms. The van der Waals surface area contributed by atoms with Crippen LogP contribution < -0.4 is 0 Å². The van der Waals surface area contributed by atoms with Crippen LogP contribution in [-0.4, -0.2) is 23.4 Å². The highest BCUT2D eigenvalue weighted by atomic mass is 19.1. The summed E-state index contributed by atoms with van der Waals surface area (Å²) in [5.74, 6) is -1.20. The SMILES string of the molecule is CC1CC(O)(Cc2ccc(F)cc2F)CCO1. The predicted molar refractivity (Wildman–Crippen MR) is 59.7 cm³/mol. The average molecular weight is 242 g/mol. The molecule has 1 saturated heterocycles. The number of hydrogen-bond donors (Lipinski definition) is 1. The van der Waals surface area contributed by atoms with Gasteiger partial charge in [-0.15, -0.1) is 0 Å². The van der Waals surface area contributed by atoms with E-state index in [1.54, 1.807) is 0 Å². The van der Waals surface area contributed by atoms with E-state index in [1.807, 2.05) is 6.92 Å². The highest BCUT2D eigenvalue weighted by molar-refractivity contribution is 5.20. The molecule has 1 heterocycles. The van der Waals surface area contributed by atoms with Crippen molar-refractivity contribution in [2.24, 2.45) is 0 Å². The van der Waals surface area contributed by atoms with E-state index in [-0.39, 0.29) is 12.5 Å². The van der Waals surface area contributed by atoms with Crippen LogP contribution in [-0.2, 0) is 11.2 Å². The zero-order valence-corrected chi connectivity index (χ0v) is 9.75. The molecule has 1 aliphatic heterocycles. The van der Waals surface area contributed by atoms with Crippen LogP contribution in [0.1, 0.15) is 25.3 Å². The normalized spacial score (nSPS) is 29.3. The van der Waals surface area contributed by atoms with Crippen LogP contribution in [0, 0.1) is 11.6 Å². The summed E-state index contributed by atoms with van der Waals surface area (Å²) in [7, 11) is 0. The maximum atomic E-state index is 13.5. The van der Waals surface area contributed by atoms with E-state index in [0.29, 0.717) is 25.0 Å². The molecule has 1 aromatic rings. The van der Waals surface area contributed by atoms with E-state index in [0.717, 1.165) is 6.07 Å². The largest absolute Gasteiger partial charge is 0.389 e. The van der Waals surface area contributed by atoms with Crippen LogP contribution in [0.2, 0.25) is 0 Å². The number of halogens is 2. The smallest absolute Gasteiger partial charge is 0.129 e. The van der Waals surface area contributed by atoms with Crippen molar-refractivity contribution in [1.82, 2.24) is 0 Å². The Hall–Kier alpha value is -1.00. The zero-order valence-electron chi connectivity index (χ0n) is 9.75. The standard InChI is InChI=1S/C13H16F2O2/c1-9-7-13(16,4-5-17-9)8-10-2-3-11(14)6-12(10)15/h2-3,6,9,16H,4-5,7-8H2,1H3. The first kappa shape index (κ1) is 12.5. The molecule has 2 atom stereocenters. The Kier molecular flexibility index (Phi) is 3.45. The Morgan fingerprint density at radius 2 is 2.24 bits per heavy atom. The van der Waals surface area contributed by atoms with Crippen molar-refractivity contribution >= 4 is 0 Å².